The van der Waals surface area contributed by atoms with Crippen LogP contribution in [0.25, 0.3) is 30.4 Å². The maximum atomic E-state index is 14.0. The van der Waals surface area contributed by atoms with E-state index in [1.807, 2.05) is 0 Å². The number of benzene rings is 2. The molecule has 0 saturated carbocycles. The van der Waals surface area contributed by atoms with E-state index < -0.39 is 75.8 Å². The van der Waals surface area contributed by atoms with Crippen molar-refractivity contribution in [2.75, 3.05) is 20.8 Å². The zero-order valence-electron chi connectivity index (χ0n) is 40.2. The van der Waals surface area contributed by atoms with Crippen molar-refractivity contribution in [3.05, 3.63) is 137 Å². The molecule has 74 heavy (non-hydrogen) atoms. The number of methoxy groups -OCH3 is 2. The fraction of sp³-hybridized carbons (Fsp3) is 0.375. The third kappa shape index (κ3) is 10.2. The van der Waals surface area contributed by atoms with Crippen molar-refractivity contribution in [2.24, 2.45) is 0 Å². The van der Waals surface area contributed by atoms with Crippen molar-refractivity contribution >= 4 is 55.0 Å². The van der Waals surface area contributed by atoms with Gasteiger partial charge in [-0.3, -0.25) is 23.5 Å². The van der Waals surface area contributed by atoms with Gasteiger partial charge < -0.3 is 30.1 Å². The minimum Gasteiger partial charge on any atom is -0.496 e. The van der Waals surface area contributed by atoms with Gasteiger partial charge in [-0.05, 0) is 84.9 Å². The first-order valence-corrected chi connectivity index (χ1v) is 23.5. The van der Waals surface area contributed by atoms with E-state index in [1.165, 1.54) is 105 Å². The summed E-state index contributed by atoms with van der Waals surface area (Å²) < 4.78 is 42.3. The van der Waals surface area contributed by atoms with Gasteiger partial charge in [-0.2, -0.15) is 20.4 Å². The highest BCUT2D eigenvalue weighted by molar-refractivity contribution is 7.21. The minimum absolute atomic E-state index is 0. The Morgan fingerprint density at radius 1 is 0.689 bits per heavy atom. The number of aromatic nitrogens is 10. The van der Waals surface area contributed by atoms with Crippen molar-refractivity contribution < 1.29 is 44.6 Å². The lowest BCUT2D eigenvalue weighted by molar-refractivity contribution is -0.146. The molecule has 398 valence electrons. The fourth-order valence-electron chi connectivity index (χ4n) is 8.05. The number of aliphatic hydroxyl groups is 2. The van der Waals surface area contributed by atoms with Crippen LogP contribution in [0.15, 0.2) is 80.4 Å². The van der Waals surface area contributed by atoms with E-state index in [0.717, 1.165) is 43.9 Å². The lowest BCUT2D eigenvalue weighted by atomic mass is 10.0. The van der Waals surface area contributed by atoms with Gasteiger partial charge in [0.05, 0.1) is 62.9 Å². The third-order valence-electron chi connectivity index (χ3n) is 11.9. The topological polar surface area (TPSA) is 275 Å². The number of thiophene rings is 2. The summed E-state index contributed by atoms with van der Waals surface area (Å²) in [5, 5.41) is 52.2. The first-order valence-electron chi connectivity index (χ1n) is 21.9. The quantitative estimate of drug-likeness (QED) is 0.103. The van der Waals surface area contributed by atoms with Gasteiger partial charge in [-0.15, -0.1) is 9.59 Å². The Morgan fingerprint density at radius 3 is 1.39 bits per heavy atom. The average Bonchev–Trinajstić information content (AvgIpc) is 4.17. The highest BCUT2D eigenvalue weighted by Gasteiger charge is 2.37. The standard InChI is InChI=1S/C24H27FN6O5S.C22H22FN5O6S.2CH4.H2/c1-6-26-22(34)24(3,4)30-19(33)18-13(2)20(31-27-9-10-28-31)37-21(18)29(23(30)35)12-16(32)15-11-14(25)7-8-17(15)36-5;1-11-16-17(30)27(22(2,3)20(31)32)21(33)26(19(16)35-18(11)28-24-7-8-25-28)10-14(29)13-9-12(23)5-6-15(13)34-4;;;/h7-11,16,32H,6,12H2,1-5H3,(H,26,34);5-9,14,29H,10H2,1-4H3,(H,31,32);2*1H4;1H/t16-;14-;;;/m00.../s1. The number of rotatable bonds is 15. The maximum Gasteiger partial charge on any atom is 0.333 e. The Bertz CT molecular complexity index is 3620. The number of nitrogens with one attached hydrogen (secondary N) is 1. The second-order valence-corrected chi connectivity index (χ2v) is 19.2. The number of aryl methyl sites for hydroxylation is 2. The molecule has 4 N–H and O–H groups in total. The Hall–Kier alpha value is -7.68. The molecular formula is C48H59F2N11O11S2. The molecule has 0 aliphatic carbocycles. The monoisotopic (exact) mass is 1070 g/mol. The Labute approximate surface area is 430 Å². The number of ether oxygens (including phenoxy) is 2. The number of likely N-dealkylation sites (N-methyl/N-ethyl adjacent to an activating group) is 1. The highest BCUT2D eigenvalue weighted by Crippen LogP contribution is 2.35. The van der Waals surface area contributed by atoms with Gasteiger partial charge in [-0.1, -0.05) is 37.5 Å². The van der Waals surface area contributed by atoms with Crippen molar-refractivity contribution in [1.29, 1.82) is 0 Å². The number of aliphatic carboxylic acids is 1. The summed E-state index contributed by atoms with van der Waals surface area (Å²) in [7, 11) is 2.74. The zero-order chi connectivity index (χ0) is 52.7. The molecule has 8 aromatic rings. The largest absolute Gasteiger partial charge is 0.496 e. The molecule has 22 nitrogen and oxygen atoms in total. The fourth-order valence-corrected chi connectivity index (χ4v) is 10.5. The van der Waals surface area contributed by atoms with E-state index in [9.17, 15) is 52.9 Å². The predicted molar refractivity (Wildman–Crippen MR) is 276 cm³/mol. The van der Waals surface area contributed by atoms with Crippen LogP contribution in [0.2, 0.25) is 0 Å². The lowest BCUT2D eigenvalue weighted by Crippen LogP contribution is -2.55. The molecule has 0 unspecified atom stereocenters. The van der Waals surface area contributed by atoms with Crippen LogP contribution in [0.5, 0.6) is 11.5 Å². The molecular weight excluding hydrogens is 1010 g/mol. The normalized spacial score (nSPS) is 12.3. The molecule has 1 amide bonds. The molecule has 0 aliphatic rings. The number of hydrogen-bond acceptors (Lipinski definition) is 16. The predicted octanol–water partition coefficient (Wildman–Crippen LogP) is 5.20. The lowest BCUT2D eigenvalue weighted by Gasteiger charge is -2.27. The summed E-state index contributed by atoms with van der Waals surface area (Å²) in [5.41, 5.74) is -5.48. The van der Waals surface area contributed by atoms with E-state index >= 15 is 0 Å². The van der Waals surface area contributed by atoms with Crippen molar-refractivity contribution in [2.45, 2.75) is 99.7 Å². The second kappa shape index (κ2) is 22.2. The number of carboxylic acid groups (broad SMARTS) is 1. The Morgan fingerprint density at radius 2 is 1.05 bits per heavy atom. The van der Waals surface area contributed by atoms with E-state index in [4.69, 9.17) is 9.47 Å². The van der Waals surface area contributed by atoms with Crippen LogP contribution in [-0.2, 0) is 33.8 Å². The number of carboxylic acids is 1. The molecule has 2 aromatic carbocycles. The van der Waals surface area contributed by atoms with Crippen molar-refractivity contribution in [3.8, 4) is 21.5 Å². The Kier molecular flexibility index (Phi) is 17.2. The summed E-state index contributed by atoms with van der Waals surface area (Å²) in [6.07, 6.45) is 3.06. The summed E-state index contributed by atoms with van der Waals surface area (Å²) >= 11 is 2.13. The van der Waals surface area contributed by atoms with Crippen LogP contribution in [0, 0.1) is 25.5 Å². The molecule has 0 fully saturated rings. The molecule has 0 radical (unpaired) electrons. The number of nitrogens with zero attached hydrogens (tertiary/aromatic N) is 10. The van der Waals surface area contributed by atoms with E-state index in [2.05, 4.69) is 25.7 Å². The zero-order valence-corrected chi connectivity index (χ0v) is 41.8. The molecule has 6 heterocycles. The molecule has 8 rings (SSSR count). The smallest absolute Gasteiger partial charge is 0.333 e. The average molecular weight is 1070 g/mol. The van der Waals surface area contributed by atoms with E-state index in [-0.39, 0.29) is 65.9 Å². The van der Waals surface area contributed by atoms with Crippen LogP contribution in [0.1, 0.15) is 85.4 Å². The van der Waals surface area contributed by atoms with Crippen LogP contribution < -0.4 is 37.3 Å². The maximum absolute atomic E-state index is 14.0. The molecule has 26 heteroatoms. The number of amides is 1. The number of halogens is 2. The highest BCUT2D eigenvalue weighted by atomic mass is 32.1. The molecule has 0 saturated heterocycles. The molecule has 0 aliphatic heterocycles. The number of carbonyl (C=O) groups is 2. The first kappa shape index (κ1) is 57.2. The second-order valence-electron chi connectivity index (χ2n) is 17.2. The number of hydrogen-bond donors (Lipinski definition) is 4. The molecule has 0 bridgehead atoms. The van der Waals surface area contributed by atoms with Gasteiger partial charge in [0.15, 0.2) is 0 Å². The van der Waals surface area contributed by atoms with Gasteiger partial charge in [-0.25, -0.2) is 32.3 Å². The molecule has 2 atom stereocenters. The van der Waals surface area contributed by atoms with Gasteiger partial charge >= 0.3 is 17.3 Å². The first-order chi connectivity index (χ1) is 34.0. The summed E-state index contributed by atoms with van der Waals surface area (Å²) in [4.78, 5) is 82.6. The van der Waals surface area contributed by atoms with Crippen molar-refractivity contribution in [1.82, 2.24) is 53.6 Å². The summed E-state index contributed by atoms with van der Waals surface area (Å²) in [6, 6.07) is 7.29. The molecule has 6 aromatic heterocycles. The van der Waals surface area contributed by atoms with Crippen LogP contribution in [0.3, 0.4) is 0 Å². The SMILES string of the molecule is C.C.CCNC(=O)C(C)(C)n1c(=O)c2c(C)c(-n3nccn3)sc2n(C[C@H](O)c2cc(F)ccc2OC)c1=O.COc1ccc(F)cc1[C@@H](O)Cn1c(=O)n(C(C)(C)C(=O)O)c(=O)c2c(C)c(-n3nccn3)sc21.[HH]. The third-order valence-corrected chi connectivity index (χ3v) is 14.5. The Balaban J connectivity index is 0.000000312. The van der Waals surface area contributed by atoms with Crippen LogP contribution in [-0.4, -0.2) is 96.2 Å². The van der Waals surface area contributed by atoms with E-state index in [0.29, 0.717) is 32.2 Å². The van der Waals surface area contributed by atoms with Gasteiger partial charge in [0.1, 0.15) is 66.1 Å². The molecule has 0 spiro atoms. The van der Waals surface area contributed by atoms with Gasteiger partial charge in [0.25, 0.3) is 11.1 Å². The minimum atomic E-state index is -1.90. The van der Waals surface area contributed by atoms with E-state index in [1.54, 1.807) is 20.8 Å². The van der Waals surface area contributed by atoms with Crippen LogP contribution in [0.4, 0.5) is 8.78 Å². The van der Waals surface area contributed by atoms with Gasteiger partial charge in [0, 0.05) is 30.2 Å². The summed E-state index contributed by atoms with van der Waals surface area (Å²) in [6.45, 7) is 10.0. The number of aliphatic hydroxyl groups excluding tert-OH is 2. The number of fused-ring (bicyclic) bond motifs is 2. The summed E-state index contributed by atoms with van der Waals surface area (Å²) in [5.74, 6) is -2.68. The number of carbonyl (C=O) groups excluding carboxylic acids is 1. The van der Waals surface area contributed by atoms with Crippen molar-refractivity contribution in [3.63, 3.8) is 0 Å². The van der Waals surface area contributed by atoms with Crippen LogP contribution >= 0.6 is 22.7 Å². The van der Waals surface area contributed by atoms with Gasteiger partial charge in [0.2, 0.25) is 5.91 Å².